The number of nitrogens with zero attached hydrogens (tertiary/aromatic N) is 4. The first kappa shape index (κ1) is 20.1. The molecule has 31 heavy (non-hydrogen) atoms. The van der Waals surface area contributed by atoms with Gasteiger partial charge in [0.05, 0.1) is 5.92 Å². The summed E-state index contributed by atoms with van der Waals surface area (Å²) in [5, 5.41) is 4.78. The standard InChI is InChI=1S/C24H25ClN4O2/c1-16-9-11-28(12-10-16)20-7-5-17(6-8-20)23-26-24(31-27-23)18-13-22(30)29(15-18)21-4-2-3-19(25)14-21/h2-8,14,16,18H,9-13,15H2,1H3. The highest BCUT2D eigenvalue weighted by Gasteiger charge is 2.35. The molecular weight excluding hydrogens is 412 g/mol. The van der Waals surface area contributed by atoms with E-state index in [1.807, 2.05) is 24.3 Å². The van der Waals surface area contributed by atoms with Crippen LogP contribution in [0.1, 0.15) is 38.0 Å². The first-order valence-corrected chi connectivity index (χ1v) is 11.2. The Kier molecular flexibility index (Phi) is 5.40. The topological polar surface area (TPSA) is 62.5 Å². The molecule has 1 amide bonds. The molecule has 0 aliphatic carbocycles. The Morgan fingerprint density at radius 3 is 2.58 bits per heavy atom. The van der Waals surface area contributed by atoms with E-state index in [1.165, 1.54) is 18.5 Å². The van der Waals surface area contributed by atoms with Gasteiger partial charge in [-0.15, -0.1) is 0 Å². The van der Waals surface area contributed by atoms with Gasteiger partial charge in [-0.2, -0.15) is 4.98 Å². The van der Waals surface area contributed by atoms with Crippen molar-refractivity contribution in [2.75, 3.05) is 29.4 Å². The van der Waals surface area contributed by atoms with Crippen molar-refractivity contribution in [1.29, 1.82) is 0 Å². The highest BCUT2D eigenvalue weighted by atomic mass is 35.5. The van der Waals surface area contributed by atoms with Crippen LogP contribution in [0.15, 0.2) is 53.1 Å². The molecule has 0 N–H and O–H groups in total. The van der Waals surface area contributed by atoms with Gasteiger partial charge < -0.3 is 14.3 Å². The zero-order valence-electron chi connectivity index (χ0n) is 17.5. The SMILES string of the molecule is CC1CCN(c2ccc(-c3noc(C4CC(=O)N(c5cccc(Cl)c5)C4)n3)cc2)CC1. The number of hydrogen-bond donors (Lipinski definition) is 0. The van der Waals surface area contributed by atoms with Gasteiger partial charge in [-0.3, -0.25) is 4.79 Å². The molecular formula is C24H25ClN4O2. The van der Waals surface area contributed by atoms with Crippen LogP contribution in [0.5, 0.6) is 0 Å². The quantitative estimate of drug-likeness (QED) is 0.566. The summed E-state index contributed by atoms with van der Waals surface area (Å²) in [7, 11) is 0. The number of aromatic nitrogens is 2. The minimum absolute atomic E-state index is 0.0345. The zero-order chi connectivity index (χ0) is 21.4. The second-order valence-corrected chi connectivity index (χ2v) is 8.99. The van der Waals surface area contributed by atoms with Crippen LogP contribution >= 0.6 is 11.6 Å². The largest absolute Gasteiger partial charge is 0.372 e. The van der Waals surface area contributed by atoms with E-state index in [1.54, 1.807) is 17.0 Å². The predicted molar refractivity (Wildman–Crippen MR) is 122 cm³/mol. The van der Waals surface area contributed by atoms with Gasteiger partial charge in [-0.25, -0.2) is 0 Å². The third-order valence-corrected chi connectivity index (χ3v) is 6.55. The average molecular weight is 437 g/mol. The van der Waals surface area contributed by atoms with Gasteiger partial charge in [-0.1, -0.05) is 29.7 Å². The van der Waals surface area contributed by atoms with Crippen LogP contribution in [-0.4, -0.2) is 35.7 Å². The number of anilines is 2. The van der Waals surface area contributed by atoms with E-state index in [0.29, 0.717) is 29.7 Å². The molecule has 5 rings (SSSR count). The minimum Gasteiger partial charge on any atom is -0.372 e. The van der Waals surface area contributed by atoms with Crippen molar-refractivity contribution in [2.24, 2.45) is 5.92 Å². The van der Waals surface area contributed by atoms with Crippen LogP contribution < -0.4 is 9.80 Å². The number of rotatable bonds is 4. The first-order chi connectivity index (χ1) is 15.1. The van der Waals surface area contributed by atoms with Crippen LogP contribution in [0.3, 0.4) is 0 Å². The van der Waals surface area contributed by atoms with Gasteiger partial charge >= 0.3 is 0 Å². The summed E-state index contributed by atoms with van der Waals surface area (Å²) in [4.78, 5) is 21.3. The van der Waals surface area contributed by atoms with Crippen LogP contribution in [0.4, 0.5) is 11.4 Å². The summed E-state index contributed by atoms with van der Waals surface area (Å²) < 4.78 is 5.54. The molecule has 3 heterocycles. The van der Waals surface area contributed by atoms with Gasteiger partial charge in [0.25, 0.3) is 0 Å². The van der Waals surface area contributed by atoms with E-state index < -0.39 is 0 Å². The number of carbonyl (C=O) groups is 1. The summed E-state index contributed by atoms with van der Waals surface area (Å²) in [5.74, 6) is 1.78. The molecule has 3 aromatic rings. The fourth-order valence-electron chi connectivity index (χ4n) is 4.37. The minimum atomic E-state index is -0.123. The lowest BCUT2D eigenvalue weighted by molar-refractivity contribution is -0.117. The molecule has 2 aliphatic rings. The lowest BCUT2D eigenvalue weighted by atomic mass is 9.98. The van der Waals surface area contributed by atoms with Gasteiger partial charge in [0.2, 0.25) is 17.6 Å². The molecule has 2 aromatic carbocycles. The molecule has 7 heteroatoms. The van der Waals surface area contributed by atoms with E-state index in [4.69, 9.17) is 16.1 Å². The third kappa shape index (κ3) is 4.17. The molecule has 1 unspecified atom stereocenters. The Morgan fingerprint density at radius 1 is 1.06 bits per heavy atom. The normalized spacial score (nSPS) is 19.9. The molecule has 2 aliphatic heterocycles. The molecule has 1 aromatic heterocycles. The van der Waals surface area contributed by atoms with Gasteiger partial charge in [0, 0.05) is 48.0 Å². The second kappa shape index (κ2) is 8.35. The number of carbonyl (C=O) groups excluding carboxylic acids is 1. The van der Waals surface area contributed by atoms with E-state index in [9.17, 15) is 4.79 Å². The van der Waals surface area contributed by atoms with Crippen LogP contribution in [0, 0.1) is 5.92 Å². The molecule has 0 spiro atoms. The highest BCUT2D eigenvalue weighted by Crippen LogP contribution is 2.33. The van der Waals surface area contributed by atoms with Crippen molar-refractivity contribution in [1.82, 2.24) is 10.1 Å². The van der Waals surface area contributed by atoms with Crippen molar-refractivity contribution in [3.05, 3.63) is 59.4 Å². The Hall–Kier alpha value is -2.86. The van der Waals surface area contributed by atoms with Crippen molar-refractivity contribution in [3.8, 4) is 11.4 Å². The number of halogens is 1. The number of piperidine rings is 1. The fourth-order valence-corrected chi connectivity index (χ4v) is 4.56. The number of amides is 1. The van der Waals surface area contributed by atoms with Gasteiger partial charge in [0.1, 0.15) is 0 Å². The van der Waals surface area contributed by atoms with E-state index >= 15 is 0 Å². The smallest absolute Gasteiger partial charge is 0.232 e. The van der Waals surface area contributed by atoms with Crippen LogP contribution in [0.2, 0.25) is 5.02 Å². The maximum absolute atomic E-state index is 12.5. The second-order valence-electron chi connectivity index (χ2n) is 8.56. The summed E-state index contributed by atoms with van der Waals surface area (Å²) in [6.07, 6.45) is 2.82. The summed E-state index contributed by atoms with van der Waals surface area (Å²) in [5.41, 5.74) is 2.94. The van der Waals surface area contributed by atoms with Crippen molar-refractivity contribution >= 4 is 28.9 Å². The lowest BCUT2D eigenvalue weighted by Gasteiger charge is -2.32. The summed E-state index contributed by atoms with van der Waals surface area (Å²) in [6.45, 7) is 5.03. The lowest BCUT2D eigenvalue weighted by Crippen LogP contribution is -2.32. The van der Waals surface area contributed by atoms with Crippen molar-refractivity contribution < 1.29 is 9.32 Å². The molecule has 0 bridgehead atoms. The molecule has 6 nitrogen and oxygen atoms in total. The van der Waals surface area contributed by atoms with E-state index in [-0.39, 0.29) is 11.8 Å². The third-order valence-electron chi connectivity index (χ3n) is 6.31. The maximum atomic E-state index is 12.5. The predicted octanol–water partition coefficient (Wildman–Crippen LogP) is 5.15. The molecule has 2 saturated heterocycles. The average Bonchev–Trinajstić information content (AvgIpc) is 3.41. The van der Waals surface area contributed by atoms with Crippen molar-refractivity contribution in [3.63, 3.8) is 0 Å². The highest BCUT2D eigenvalue weighted by molar-refractivity contribution is 6.30. The van der Waals surface area contributed by atoms with Crippen LogP contribution in [0.25, 0.3) is 11.4 Å². The zero-order valence-corrected chi connectivity index (χ0v) is 18.3. The Morgan fingerprint density at radius 2 is 1.84 bits per heavy atom. The molecule has 160 valence electrons. The summed E-state index contributed by atoms with van der Waals surface area (Å²) >= 11 is 6.08. The molecule has 1 atom stereocenters. The van der Waals surface area contributed by atoms with Crippen molar-refractivity contribution in [2.45, 2.75) is 32.1 Å². The Labute approximate surface area is 186 Å². The van der Waals surface area contributed by atoms with E-state index in [2.05, 4.69) is 34.1 Å². The monoisotopic (exact) mass is 436 g/mol. The first-order valence-electron chi connectivity index (χ1n) is 10.8. The number of hydrogen-bond acceptors (Lipinski definition) is 5. The maximum Gasteiger partial charge on any atom is 0.232 e. The number of benzene rings is 2. The summed E-state index contributed by atoms with van der Waals surface area (Å²) in [6, 6.07) is 15.7. The molecule has 0 saturated carbocycles. The molecule has 0 radical (unpaired) electrons. The Bertz CT molecular complexity index is 1070. The van der Waals surface area contributed by atoms with Crippen LogP contribution in [-0.2, 0) is 4.79 Å². The fraction of sp³-hybridized carbons (Fsp3) is 0.375. The van der Waals surface area contributed by atoms with E-state index in [0.717, 1.165) is 30.3 Å². The van der Waals surface area contributed by atoms with Gasteiger partial charge in [-0.05, 0) is 61.2 Å². The molecule has 2 fully saturated rings. The Balaban J connectivity index is 1.28. The van der Waals surface area contributed by atoms with Gasteiger partial charge in [0.15, 0.2) is 0 Å².